The van der Waals surface area contributed by atoms with Gasteiger partial charge in [0.15, 0.2) is 0 Å². The van der Waals surface area contributed by atoms with Gasteiger partial charge < -0.3 is 4.90 Å². The maximum atomic E-state index is 12.3. The molecule has 0 N–H and O–H groups in total. The molecule has 0 unspecified atom stereocenters. The summed E-state index contributed by atoms with van der Waals surface area (Å²) in [6, 6.07) is 10.7. The highest BCUT2D eigenvalue weighted by molar-refractivity contribution is 5.76. The van der Waals surface area contributed by atoms with Crippen LogP contribution in [0.25, 0.3) is 0 Å². The average Bonchev–Trinajstić information content (AvgIpc) is 3.25. The van der Waals surface area contributed by atoms with E-state index in [1.54, 1.807) is 0 Å². The molecular weight excluding hydrogens is 234 g/mol. The molecule has 1 aromatic carbocycles. The molecule has 1 aliphatic heterocycles. The zero-order valence-electron chi connectivity index (χ0n) is 11.6. The quantitative estimate of drug-likeness (QED) is 0.810. The van der Waals surface area contributed by atoms with Gasteiger partial charge in [-0.05, 0) is 37.2 Å². The number of nitrogens with zero attached hydrogens (tertiary/aromatic N) is 1. The van der Waals surface area contributed by atoms with Gasteiger partial charge >= 0.3 is 0 Å². The number of likely N-dealkylation sites (tertiary alicyclic amines) is 1. The van der Waals surface area contributed by atoms with Crippen molar-refractivity contribution in [2.45, 2.75) is 44.4 Å². The lowest BCUT2D eigenvalue weighted by molar-refractivity contribution is -0.131. The Morgan fingerprint density at radius 1 is 1.11 bits per heavy atom. The molecule has 2 nitrogen and oxygen atoms in total. The standard InChI is InChI=1S/C17H23NO/c19-17(12-14-9-10-14)18-11-5-4-8-16(13-18)15-6-2-1-3-7-15/h1-3,6-7,14,16H,4-5,8-13H2/t16-/m1/s1. The van der Waals surface area contributed by atoms with Crippen LogP contribution in [0, 0.1) is 5.92 Å². The van der Waals surface area contributed by atoms with Crippen LogP contribution in [0.15, 0.2) is 30.3 Å². The normalized spacial score (nSPS) is 24.0. The zero-order chi connectivity index (χ0) is 13.1. The number of hydrogen-bond acceptors (Lipinski definition) is 1. The van der Waals surface area contributed by atoms with Crippen LogP contribution in [0.5, 0.6) is 0 Å². The van der Waals surface area contributed by atoms with Crippen LogP contribution in [0.4, 0.5) is 0 Å². The van der Waals surface area contributed by atoms with Crippen LogP contribution in [0.3, 0.4) is 0 Å². The summed E-state index contributed by atoms with van der Waals surface area (Å²) in [5.74, 6) is 1.63. The van der Waals surface area contributed by atoms with Crippen LogP contribution < -0.4 is 0 Å². The van der Waals surface area contributed by atoms with Crippen molar-refractivity contribution in [1.82, 2.24) is 4.90 Å². The van der Waals surface area contributed by atoms with Crippen LogP contribution in [-0.4, -0.2) is 23.9 Å². The molecule has 3 rings (SSSR count). The fourth-order valence-corrected chi connectivity index (χ4v) is 3.06. The van der Waals surface area contributed by atoms with Gasteiger partial charge in [-0.25, -0.2) is 0 Å². The van der Waals surface area contributed by atoms with E-state index in [2.05, 4.69) is 35.2 Å². The molecule has 0 bridgehead atoms. The van der Waals surface area contributed by atoms with E-state index in [1.165, 1.54) is 37.7 Å². The van der Waals surface area contributed by atoms with E-state index in [1.807, 2.05) is 0 Å². The molecule has 1 aliphatic carbocycles. The van der Waals surface area contributed by atoms with Crippen molar-refractivity contribution in [2.24, 2.45) is 5.92 Å². The fraction of sp³-hybridized carbons (Fsp3) is 0.588. The van der Waals surface area contributed by atoms with Crippen molar-refractivity contribution in [2.75, 3.05) is 13.1 Å². The molecule has 2 fully saturated rings. The van der Waals surface area contributed by atoms with Gasteiger partial charge in [0.2, 0.25) is 5.91 Å². The number of carbonyl (C=O) groups is 1. The first-order chi connectivity index (χ1) is 9.33. The summed E-state index contributed by atoms with van der Waals surface area (Å²) in [6.45, 7) is 1.89. The Balaban J connectivity index is 1.66. The Hall–Kier alpha value is -1.31. The van der Waals surface area contributed by atoms with Crippen molar-refractivity contribution in [3.05, 3.63) is 35.9 Å². The Labute approximate surface area is 115 Å². The zero-order valence-corrected chi connectivity index (χ0v) is 11.6. The number of benzene rings is 1. The predicted octanol–water partition coefficient (Wildman–Crippen LogP) is 3.58. The number of hydrogen-bond donors (Lipinski definition) is 0. The van der Waals surface area contributed by atoms with Gasteiger partial charge in [0.05, 0.1) is 0 Å². The Morgan fingerprint density at radius 2 is 1.89 bits per heavy atom. The molecule has 1 amide bonds. The van der Waals surface area contributed by atoms with Crippen molar-refractivity contribution in [1.29, 1.82) is 0 Å². The first-order valence-corrected chi connectivity index (χ1v) is 7.65. The van der Waals surface area contributed by atoms with Crippen LogP contribution in [0.1, 0.15) is 50.0 Å². The molecule has 1 saturated carbocycles. The van der Waals surface area contributed by atoms with Crippen molar-refractivity contribution < 1.29 is 4.79 Å². The molecule has 2 aliphatic rings. The first kappa shape index (κ1) is 12.7. The third kappa shape index (κ3) is 3.37. The van der Waals surface area contributed by atoms with Gasteiger partial charge in [-0.1, -0.05) is 36.8 Å². The fourth-order valence-electron chi connectivity index (χ4n) is 3.06. The minimum absolute atomic E-state index is 0.394. The molecule has 1 heterocycles. The molecule has 0 spiro atoms. The highest BCUT2D eigenvalue weighted by Gasteiger charge is 2.29. The third-order valence-corrected chi connectivity index (χ3v) is 4.46. The molecule has 1 saturated heterocycles. The second kappa shape index (κ2) is 5.77. The van der Waals surface area contributed by atoms with E-state index in [4.69, 9.17) is 0 Å². The molecule has 1 aromatic rings. The lowest BCUT2D eigenvalue weighted by Gasteiger charge is -2.25. The third-order valence-electron chi connectivity index (χ3n) is 4.46. The Morgan fingerprint density at radius 3 is 2.63 bits per heavy atom. The minimum atomic E-state index is 0.394. The van der Waals surface area contributed by atoms with Gasteiger partial charge in [-0.15, -0.1) is 0 Å². The lowest BCUT2D eigenvalue weighted by atomic mass is 9.94. The van der Waals surface area contributed by atoms with E-state index >= 15 is 0 Å². The smallest absolute Gasteiger partial charge is 0.222 e. The summed E-state index contributed by atoms with van der Waals surface area (Å²) in [6.07, 6.45) is 6.95. The summed E-state index contributed by atoms with van der Waals surface area (Å²) in [5.41, 5.74) is 1.40. The highest BCUT2D eigenvalue weighted by atomic mass is 16.2. The molecule has 0 radical (unpaired) electrons. The summed E-state index contributed by atoms with van der Waals surface area (Å²) in [4.78, 5) is 14.4. The first-order valence-electron chi connectivity index (χ1n) is 7.65. The van der Waals surface area contributed by atoms with Gasteiger partial charge in [0.1, 0.15) is 0 Å². The second-order valence-corrected chi connectivity index (χ2v) is 6.09. The lowest BCUT2D eigenvalue weighted by Crippen LogP contribution is -2.34. The number of rotatable bonds is 3. The van der Waals surface area contributed by atoms with Gasteiger partial charge in [0, 0.05) is 25.4 Å². The van der Waals surface area contributed by atoms with Gasteiger partial charge in [0.25, 0.3) is 0 Å². The maximum absolute atomic E-state index is 12.3. The van der Waals surface area contributed by atoms with Gasteiger partial charge in [-0.3, -0.25) is 4.79 Å². The van der Waals surface area contributed by atoms with Crippen LogP contribution in [0.2, 0.25) is 0 Å². The van der Waals surface area contributed by atoms with Crippen molar-refractivity contribution in [3.8, 4) is 0 Å². The number of carbonyl (C=O) groups excluding carboxylic acids is 1. The summed E-state index contributed by atoms with van der Waals surface area (Å²) in [5, 5.41) is 0. The van der Waals surface area contributed by atoms with Crippen LogP contribution in [-0.2, 0) is 4.79 Å². The van der Waals surface area contributed by atoms with Gasteiger partial charge in [-0.2, -0.15) is 0 Å². The second-order valence-electron chi connectivity index (χ2n) is 6.09. The SMILES string of the molecule is O=C(CC1CC1)N1CCCC[C@@H](c2ccccc2)C1. The van der Waals surface area contributed by atoms with E-state index in [-0.39, 0.29) is 0 Å². The maximum Gasteiger partial charge on any atom is 0.222 e. The van der Waals surface area contributed by atoms with E-state index in [9.17, 15) is 4.79 Å². The summed E-state index contributed by atoms with van der Waals surface area (Å²) < 4.78 is 0. The van der Waals surface area contributed by atoms with E-state index < -0.39 is 0 Å². The van der Waals surface area contributed by atoms with Crippen molar-refractivity contribution >= 4 is 5.91 Å². The van der Waals surface area contributed by atoms with E-state index in [0.29, 0.717) is 17.7 Å². The monoisotopic (exact) mass is 257 g/mol. The van der Waals surface area contributed by atoms with Crippen LogP contribution >= 0.6 is 0 Å². The average molecular weight is 257 g/mol. The molecule has 19 heavy (non-hydrogen) atoms. The predicted molar refractivity (Wildman–Crippen MR) is 77.0 cm³/mol. The summed E-state index contributed by atoms with van der Waals surface area (Å²) in [7, 11) is 0. The van der Waals surface area contributed by atoms with E-state index in [0.717, 1.165) is 19.5 Å². The Kier molecular flexibility index (Phi) is 3.86. The molecular formula is C17H23NO. The largest absolute Gasteiger partial charge is 0.342 e. The molecule has 1 atom stereocenters. The Bertz CT molecular complexity index is 424. The van der Waals surface area contributed by atoms with Crippen molar-refractivity contribution in [3.63, 3.8) is 0 Å². The molecule has 0 aromatic heterocycles. The highest BCUT2D eigenvalue weighted by Crippen LogP contribution is 2.34. The number of amides is 1. The topological polar surface area (TPSA) is 20.3 Å². The summed E-state index contributed by atoms with van der Waals surface area (Å²) >= 11 is 0. The molecule has 102 valence electrons. The minimum Gasteiger partial charge on any atom is -0.342 e. The molecule has 2 heteroatoms.